The van der Waals surface area contributed by atoms with Crippen LogP contribution in [0.2, 0.25) is 5.02 Å². The molecule has 4 nitrogen and oxygen atoms in total. The van der Waals surface area contributed by atoms with Gasteiger partial charge in [-0.15, -0.1) is 0 Å². The molecule has 0 unspecified atom stereocenters. The first-order valence-corrected chi connectivity index (χ1v) is 9.72. The molecule has 0 spiro atoms. The molecule has 0 bridgehead atoms. The quantitative estimate of drug-likeness (QED) is 0.517. The van der Waals surface area contributed by atoms with Gasteiger partial charge in [-0.2, -0.15) is 10.1 Å². The monoisotopic (exact) mass is 401 g/mol. The third-order valence-electron chi connectivity index (χ3n) is 4.70. The Labute approximate surface area is 175 Å². The van der Waals surface area contributed by atoms with Crippen molar-refractivity contribution in [1.29, 1.82) is 0 Å². The molecule has 0 fully saturated rings. The van der Waals surface area contributed by atoms with E-state index in [1.54, 1.807) is 24.3 Å². The number of para-hydroxylation sites is 1. The molecule has 0 N–H and O–H groups in total. The van der Waals surface area contributed by atoms with Gasteiger partial charge < -0.3 is 4.90 Å². The van der Waals surface area contributed by atoms with Gasteiger partial charge >= 0.3 is 0 Å². The van der Waals surface area contributed by atoms with Crippen molar-refractivity contribution in [2.75, 3.05) is 9.91 Å². The van der Waals surface area contributed by atoms with Crippen LogP contribution in [0.3, 0.4) is 0 Å². The SMILES string of the molecule is CC1=NN(c2ccc(Cl)cc2)C(=O)/C1=C/N(Cc1ccccc1)c1ccccc1. The number of anilines is 2. The van der Waals surface area contributed by atoms with Gasteiger partial charge in [0.2, 0.25) is 0 Å². The Bertz CT molecular complexity index is 1060. The van der Waals surface area contributed by atoms with E-state index in [0.717, 1.165) is 11.3 Å². The van der Waals surface area contributed by atoms with Crippen LogP contribution in [-0.2, 0) is 11.3 Å². The van der Waals surface area contributed by atoms with Crippen LogP contribution in [0.15, 0.2) is 102 Å². The Hall–Kier alpha value is -3.37. The molecule has 29 heavy (non-hydrogen) atoms. The minimum atomic E-state index is -0.154. The van der Waals surface area contributed by atoms with Crippen LogP contribution < -0.4 is 9.91 Å². The standard InChI is InChI=1S/C24H20ClN3O/c1-18-23(24(29)28(26-18)22-14-12-20(25)13-15-22)17-27(21-10-6-3-7-11-21)16-19-8-4-2-5-9-19/h2-15,17H,16H2,1H3/b23-17+. The molecule has 1 aliphatic rings. The third kappa shape index (κ3) is 4.23. The smallest absolute Gasteiger partial charge is 0.282 e. The Morgan fingerprint density at radius 3 is 2.21 bits per heavy atom. The van der Waals surface area contributed by atoms with E-state index in [1.807, 2.05) is 61.7 Å². The van der Waals surface area contributed by atoms with Gasteiger partial charge in [0.15, 0.2) is 0 Å². The zero-order valence-corrected chi connectivity index (χ0v) is 16.8. The molecule has 1 amide bonds. The van der Waals surface area contributed by atoms with Crippen LogP contribution in [0, 0.1) is 0 Å². The lowest BCUT2D eigenvalue weighted by Gasteiger charge is -2.22. The first-order valence-electron chi connectivity index (χ1n) is 9.35. The van der Waals surface area contributed by atoms with Crippen LogP contribution in [0.4, 0.5) is 11.4 Å². The number of nitrogens with zero attached hydrogens (tertiary/aromatic N) is 3. The van der Waals surface area contributed by atoms with E-state index < -0.39 is 0 Å². The predicted octanol–water partition coefficient (Wildman–Crippen LogP) is 5.65. The van der Waals surface area contributed by atoms with Gasteiger partial charge in [0, 0.05) is 23.5 Å². The maximum Gasteiger partial charge on any atom is 0.282 e. The first-order chi connectivity index (χ1) is 14.1. The lowest BCUT2D eigenvalue weighted by Crippen LogP contribution is -2.24. The van der Waals surface area contributed by atoms with Crippen molar-refractivity contribution >= 4 is 34.6 Å². The lowest BCUT2D eigenvalue weighted by atomic mass is 10.1. The summed E-state index contributed by atoms with van der Waals surface area (Å²) in [5, 5.41) is 6.51. The Kier molecular flexibility index (Phi) is 5.45. The van der Waals surface area contributed by atoms with Crippen LogP contribution >= 0.6 is 11.6 Å². The van der Waals surface area contributed by atoms with Crippen molar-refractivity contribution in [1.82, 2.24) is 0 Å². The second-order valence-corrected chi connectivity index (χ2v) is 7.21. The van der Waals surface area contributed by atoms with E-state index in [2.05, 4.69) is 22.1 Å². The average Bonchev–Trinajstić information content (AvgIpc) is 3.03. The molecule has 0 aromatic heterocycles. The fourth-order valence-electron chi connectivity index (χ4n) is 3.19. The van der Waals surface area contributed by atoms with Crippen molar-refractivity contribution in [3.8, 4) is 0 Å². The van der Waals surface area contributed by atoms with Gasteiger partial charge in [-0.25, -0.2) is 0 Å². The number of carbonyl (C=O) groups is 1. The maximum atomic E-state index is 13.1. The molecule has 3 aromatic rings. The summed E-state index contributed by atoms with van der Waals surface area (Å²) in [5.41, 5.74) is 4.10. The van der Waals surface area contributed by atoms with Crippen molar-refractivity contribution in [3.63, 3.8) is 0 Å². The summed E-state index contributed by atoms with van der Waals surface area (Å²) in [4.78, 5) is 15.2. The largest absolute Gasteiger partial charge is 0.343 e. The van der Waals surface area contributed by atoms with Crippen LogP contribution in [0.25, 0.3) is 0 Å². The van der Waals surface area contributed by atoms with E-state index in [-0.39, 0.29) is 5.91 Å². The Morgan fingerprint density at radius 1 is 0.931 bits per heavy atom. The molecule has 4 rings (SSSR count). The average molecular weight is 402 g/mol. The van der Waals surface area contributed by atoms with E-state index in [4.69, 9.17) is 11.6 Å². The predicted molar refractivity (Wildman–Crippen MR) is 119 cm³/mol. The highest BCUT2D eigenvalue weighted by Crippen LogP contribution is 2.27. The number of halogens is 1. The summed E-state index contributed by atoms with van der Waals surface area (Å²) < 4.78 is 0. The topological polar surface area (TPSA) is 35.9 Å². The van der Waals surface area contributed by atoms with E-state index in [0.29, 0.717) is 28.5 Å². The maximum absolute atomic E-state index is 13.1. The van der Waals surface area contributed by atoms with Gasteiger partial charge in [-0.1, -0.05) is 60.1 Å². The normalized spacial score (nSPS) is 15.0. The summed E-state index contributed by atoms with van der Waals surface area (Å²) in [5.74, 6) is -0.154. The van der Waals surface area contributed by atoms with Gasteiger partial charge in [0.25, 0.3) is 5.91 Å². The molecule has 0 aliphatic carbocycles. The zero-order chi connectivity index (χ0) is 20.2. The van der Waals surface area contributed by atoms with E-state index in [9.17, 15) is 4.79 Å². The second-order valence-electron chi connectivity index (χ2n) is 6.77. The van der Waals surface area contributed by atoms with Crippen molar-refractivity contribution in [3.05, 3.63) is 107 Å². The summed E-state index contributed by atoms with van der Waals surface area (Å²) in [6, 6.07) is 27.3. The number of rotatable bonds is 5. The second kappa shape index (κ2) is 8.33. The van der Waals surface area contributed by atoms with E-state index in [1.165, 1.54) is 5.01 Å². The van der Waals surface area contributed by atoms with Gasteiger partial charge in [-0.05, 0) is 48.9 Å². The third-order valence-corrected chi connectivity index (χ3v) is 4.95. The van der Waals surface area contributed by atoms with Crippen molar-refractivity contribution in [2.24, 2.45) is 5.10 Å². The first kappa shape index (κ1) is 19.0. The summed E-state index contributed by atoms with van der Waals surface area (Å²) in [7, 11) is 0. The fraction of sp³-hybridized carbons (Fsp3) is 0.0833. The number of hydrogen-bond donors (Lipinski definition) is 0. The summed E-state index contributed by atoms with van der Waals surface area (Å²) in [6.07, 6.45) is 1.89. The molecule has 5 heteroatoms. The minimum Gasteiger partial charge on any atom is -0.343 e. The van der Waals surface area contributed by atoms with Crippen molar-refractivity contribution in [2.45, 2.75) is 13.5 Å². The Morgan fingerprint density at radius 2 is 1.55 bits per heavy atom. The minimum absolute atomic E-state index is 0.154. The summed E-state index contributed by atoms with van der Waals surface area (Å²) >= 11 is 5.97. The highest BCUT2D eigenvalue weighted by atomic mass is 35.5. The molecular formula is C24H20ClN3O. The molecular weight excluding hydrogens is 382 g/mol. The molecule has 0 atom stereocenters. The highest BCUT2D eigenvalue weighted by molar-refractivity contribution is 6.31. The lowest BCUT2D eigenvalue weighted by molar-refractivity contribution is -0.114. The number of hydrogen-bond acceptors (Lipinski definition) is 3. The number of hydrazone groups is 1. The zero-order valence-electron chi connectivity index (χ0n) is 16.0. The molecule has 1 heterocycles. The van der Waals surface area contributed by atoms with Gasteiger partial charge in [0.05, 0.1) is 17.0 Å². The van der Waals surface area contributed by atoms with E-state index >= 15 is 0 Å². The molecule has 3 aromatic carbocycles. The molecule has 0 saturated carbocycles. The Balaban J connectivity index is 1.67. The van der Waals surface area contributed by atoms with Crippen LogP contribution in [0.5, 0.6) is 0 Å². The van der Waals surface area contributed by atoms with Gasteiger partial charge in [-0.3, -0.25) is 4.79 Å². The number of carbonyl (C=O) groups excluding carboxylic acids is 1. The number of benzene rings is 3. The molecule has 0 radical (unpaired) electrons. The van der Waals surface area contributed by atoms with Crippen LogP contribution in [0.1, 0.15) is 12.5 Å². The van der Waals surface area contributed by atoms with Crippen LogP contribution in [-0.4, -0.2) is 11.6 Å². The highest BCUT2D eigenvalue weighted by Gasteiger charge is 2.29. The fourth-order valence-corrected chi connectivity index (χ4v) is 3.32. The number of amides is 1. The molecule has 0 saturated heterocycles. The molecule has 1 aliphatic heterocycles. The summed E-state index contributed by atoms with van der Waals surface area (Å²) in [6.45, 7) is 2.50. The van der Waals surface area contributed by atoms with Crippen molar-refractivity contribution < 1.29 is 4.79 Å². The van der Waals surface area contributed by atoms with Gasteiger partial charge in [0.1, 0.15) is 0 Å². The molecule has 144 valence electrons.